The lowest BCUT2D eigenvalue weighted by atomic mass is 10.3. The molecule has 3 nitrogen and oxygen atoms in total. The highest BCUT2D eigenvalue weighted by atomic mass is 32.1. The summed E-state index contributed by atoms with van der Waals surface area (Å²) in [5.41, 5.74) is 0.275. The molecule has 0 heterocycles. The molecule has 0 rings (SSSR count). The van der Waals surface area contributed by atoms with Crippen molar-refractivity contribution < 1.29 is 13.7 Å². The van der Waals surface area contributed by atoms with Gasteiger partial charge in [0.15, 0.2) is 0 Å². The molecule has 0 spiro atoms. The zero-order valence-electron chi connectivity index (χ0n) is 5.79. The van der Waals surface area contributed by atoms with Crippen LogP contribution in [0.4, 0.5) is 0 Å². The average molecular weight is 162 g/mol. The van der Waals surface area contributed by atoms with E-state index < -0.39 is 5.97 Å². The molecule has 0 radical (unpaired) electrons. The molecule has 0 amide bonds. The van der Waals surface area contributed by atoms with Gasteiger partial charge in [-0.25, -0.2) is 4.79 Å². The maximum atomic E-state index is 10.7. The molecule has 0 unspecified atom stereocenters. The van der Waals surface area contributed by atoms with Crippen molar-refractivity contribution in [1.82, 2.24) is 0 Å². The summed E-state index contributed by atoms with van der Waals surface area (Å²) in [6, 6.07) is 0. The molecule has 0 aromatic heterocycles. The first-order valence-electron chi connectivity index (χ1n) is 2.83. The SMILES string of the molecule is C=C(COS)C(=O)OCC. The summed E-state index contributed by atoms with van der Waals surface area (Å²) < 4.78 is 8.97. The highest BCUT2D eigenvalue weighted by Crippen LogP contribution is 1.96. The van der Waals surface area contributed by atoms with Crippen molar-refractivity contribution in [2.45, 2.75) is 6.92 Å². The zero-order valence-corrected chi connectivity index (χ0v) is 6.69. The second kappa shape index (κ2) is 5.32. The van der Waals surface area contributed by atoms with E-state index in [0.29, 0.717) is 6.61 Å². The number of esters is 1. The van der Waals surface area contributed by atoms with Crippen LogP contribution in [-0.2, 0) is 13.7 Å². The van der Waals surface area contributed by atoms with Crippen molar-refractivity contribution in [3.63, 3.8) is 0 Å². The van der Waals surface area contributed by atoms with Crippen molar-refractivity contribution in [3.8, 4) is 0 Å². The predicted molar refractivity (Wildman–Crippen MR) is 40.7 cm³/mol. The van der Waals surface area contributed by atoms with Crippen LogP contribution in [0.3, 0.4) is 0 Å². The van der Waals surface area contributed by atoms with Gasteiger partial charge in [-0.15, -0.1) is 0 Å². The van der Waals surface area contributed by atoms with Gasteiger partial charge in [-0.2, -0.15) is 0 Å². The summed E-state index contributed by atoms with van der Waals surface area (Å²) in [5, 5.41) is 0. The molecule has 0 saturated carbocycles. The van der Waals surface area contributed by atoms with Crippen LogP contribution in [0.25, 0.3) is 0 Å². The number of rotatable bonds is 4. The van der Waals surface area contributed by atoms with E-state index in [1.54, 1.807) is 6.92 Å². The number of hydrogen-bond donors (Lipinski definition) is 1. The van der Waals surface area contributed by atoms with Crippen molar-refractivity contribution in [1.29, 1.82) is 0 Å². The lowest BCUT2D eigenvalue weighted by Gasteiger charge is -2.01. The Morgan fingerprint density at radius 3 is 2.70 bits per heavy atom. The number of carbonyl (C=O) groups excluding carboxylic acids is 1. The minimum absolute atomic E-state index is 0.0992. The van der Waals surface area contributed by atoms with Gasteiger partial charge in [0.05, 0.1) is 18.8 Å². The monoisotopic (exact) mass is 162 g/mol. The van der Waals surface area contributed by atoms with Gasteiger partial charge < -0.3 is 8.92 Å². The molecule has 0 bridgehead atoms. The Bertz CT molecular complexity index is 117. The molecule has 58 valence electrons. The molecule has 0 N–H and O–H groups in total. The van der Waals surface area contributed by atoms with E-state index in [1.807, 2.05) is 0 Å². The van der Waals surface area contributed by atoms with Crippen LogP contribution in [0, 0.1) is 0 Å². The summed E-state index contributed by atoms with van der Waals surface area (Å²) in [6.45, 7) is 5.59. The Kier molecular flexibility index (Phi) is 5.06. The molecule has 0 saturated heterocycles. The van der Waals surface area contributed by atoms with Gasteiger partial charge in [-0.1, -0.05) is 6.58 Å². The Hall–Kier alpha value is -0.480. The van der Waals surface area contributed by atoms with Crippen LogP contribution >= 0.6 is 12.9 Å². The fourth-order valence-corrected chi connectivity index (χ4v) is 0.526. The molecule has 0 aliphatic heterocycles. The summed E-state index contributed by atoms with van der Waals surface area (Å²) in [4.78, 5) is 10.7. The van der Waals surface area contributed by atoms with Gasteiger partial charge in [0.1, 0.15) is 0 Å². The molecular weight excluding hydrogens is 152 g/mol. The number of hydrogen-bond acceptors (Lipinski definition) is 4. The van der Waals surface area contributed by atoms with Gasteiger partial charge in [0, 0.05) is 0 Å². The first-order valence-corrected chi connectivity index (χ1v) is 3.20. The molecule has 10 heavy (non-hydrogen) atoms. The molecular formula is C6H10O3S. The summed E-state index contributed by atoms with van der Waals surface area (Å²) in [5.74, 6) is -0.434. The fourth-order valence-electron chi connectivity index (χ4n) is 0.370. The number of carbonyl (C=O) groups is 1. The topological polar surface area (TPSA) is 35.5 Å². The van der Waals surface area contributed by atoms with Gasteiger partial charge in [-0.3, -0.25) is 0 Å². The first-order chi connectivity index (χ1) is 4.72. The molecule has 0 aromatic rings. The first kappa shape index (κ1) is 9.52. The standard InChI is InChI=1S/C6H10O3S/c1-3-8-6(7)5(2)4-9-10/h10H,2-4H2,1H3. The lowest BCUT2D eigenvalue weighted by molar-refractivity contribution is -0.138. The van der Waals surface area contributed by atoms with Gasteiger partial charge in [0.2, 0.25) is 0 Å². The third-order valence-corrected chi connectivity index (χ3v) is 0.932. The minimum Gasteiger partial charge on any atom is -0.463 e. The summed E-state index contributed by atoms with van der Waals surface area (Å²) in [6.07, 6.45) is 0. The Morgan fingerprint density at radius 1 is 1.70 bits per heavy atom. The largest absolute Gasteiger partial charge is 0.463 e. The fraction of sp³-hybridized carbons (Fsp3) is 0.500. The Labute approximate surface area is 65.6 Å². The van der Waals surface area contributed by atoms with E-state index in [9.17, 15) is 4.79 Å². The zero-order chi connectivity index (χ0) is 7.98. The van der Waals surface area contributed by atoms with E-state index in [0.717, 1.165) is 0 Å². The van der Waals surface area contributed by atoms with Crippen molar-refractivity contribution in [2.24, 2.45) is 0 Å². The number of ether oxygens (including phenoxy) is 1. The number of thiol groups is 1. The van der Waals surface area contributed by atoms with E-state index in [1.165, 1.54) is 0 Å². The molecule has 4 heteroatoms. The minimum atomic E-state index is -0.434. The van der Waals surface area contributed by atoms with Crippen molar-refractivity contribution in [3.05, 3.63) is 12.2 Å². The average Bonchev–Trinajstić information content (AvgIpc) is 1.89. The maximum absolute atomic E-state index is 10.7. The quantitative estimate of drug-likeness (QED) is 0.289. The van der Waals surface area contributed by atoms with Crippen LogP contribution < -0.4 is 0 Å². The van der Waals surface area contributed by atoms with Gasteiger partial charge in [0.25, 0.3) is 0 Å². The van der Waals surface area contributed by atoms with Gasteiger partial charge >= 0.3 is 5.97 Å². The van der Waals surface area contributed by atoms with Crippen LogP contribution in [0.1, 0.15) is 6.92 Å². The Morgan fingerprint density at radius 2 is 2.30 bits per heavy atom. The second-order valence-corrected chi connectivity index (χ2v) is 1.86. The van der Waals surface area contributed by atoms with E-state index >= 15 is 0 Å². The van der Waals surface area contributed by atoms with E-state index in [-0.39, 0.29) is 12.2 Å². The molecule has 0 aromatic carbocycles. The van der Waals surface area contributed by atoms with Crippen LogP contribution in [0.5, 0.6) is 0 Å². The van der Waals surface area contributed by atoms with E-state index in [4.69, 9.17) is 0 Å². The van der Waals surface area contributed by atoms with Crippen LogP contribution in [0.15, 0.2) is 12.2 Å². The van der Waals surface area contributed by atoms with Gasteiger partial charge in [-0.05, 0) is 19.8 Å². The Balaban J connectivity index is 3.60. The summed E-state index contributed by atoms with van der Waals surface area (Å²) >= 11 is 3.45. The maximum Gasteiger partial charge on any atom is 0.335 e. The normalized spacial score (nSPS) is 9.00. The third-order valence-electron chi connectivity index (χ3n) is 0.803. The lowest BCUT2D eigenvalue weighted by Crippen LogP contribution is -2.09. The molecule has 0 aliphatic rings. The molecule has 0 fully saturated rings. The smallest absolute Gasteiger partial charge is 0.335 e. The van der Waals surface area contributed by atoms with Crippen molar-refractivity contribution >= 4 is 18.9 Å². The predicted octanol–water partition coefficient (Wildman–Crippen LogP) is 0.967. The third kappa shape index (κ3) is 3.53. The highest BCUT2D eigenvalue weighted by Gasteiger charge is 2.05. The van der Waals surface area contributed by atoms with Crippen LogP contribution in [0.2, 0.25) is 0 Å². The molecule has 0 atom stereocenters. The van der Waals surface area contributed by atoms with Crippen LogP contribution in [-0.4, -0.2) is 19.2 Å². The highest BCUT2D eigenvalue weighted by molar-refractivity contribution is 7.75. The van der Waals surface area contributed by atoms with Crippen molar-refractivity contribution in [2.75, 3.05) is 13.2 Å². The second-order valence-electron chi connectivity index (χ2n) is 1.60. The molecule has 0 aliphatic carbocycles. The van der Waals surface area contributed by atoms with E-state index in [2.05, 4.69) is 28.4 Å². The summed E-state index contributed by atoms with van der Waals surface area (Å²) in [7, 11) is 0.